The second kappa shape index (κ2) is 10.2. The summed E-state index contributed by atoms with van der Waals surface area (Å²) in [6, 6.07) is 23.1. The van der Waals surface area contributed by atoms with E-state index in [9.17, 15) is 22.8 Å². The number of alkyl halides is 3. The smallest absolute Gasteiger partial charge is 0.325 e. The van der Waals surface area contributed by atoms with E-state index in [1.165, 1.54) is 35.2 Å². The highest BCUT2D eigenvalue weighted by Crippen LogP contribution is 2.33. The standard InChI is InChI=1S/C27H18F3N3O2S2/c28-27(29,30)17-7-4-8-18(13-17)31-24(34)15-36-26-33-22-12-11-19(14-23(22)37-26)32-25(35)21-10-3-6-16-5-1-2-9-20(16)21/h1-14H,15H2,(H,31,34)(H,32,35). The Morgan fingerprint density at radius 3 is 2.46 bits per heavy atom. The van der Waals surface area contributed by atoms with E-state index in [4.69, 9.17) is 0 Å². The van der Waals surface area contributed by atoms with Gasteiger partial charge in [-0.3, -0.25) is 9.59 Å². The average molecular weight is 538 g/mol. The molecule has 2 amide bonds. The number of thioether (sulfide) groups is 1. The van der Waals surface area contributed by atoms with Crippen molar-refractivity contribution < 1.29 is 22.8 Å². The summed E-state index contributed by atoms with van der Waals surface area (Å²) in [5.74, 6) is -0.672. The first kappa shape index (κ1) is 24.8. The van der Waals surface area contributed by atoms with Gasteiger partial charge in [-0.05, 0) is 53.2 Å². The number of anilines is 2. The third kappa shape index (κ3) is 5.76. The number of amides is 2. The van der Waals surface area contributed by atoms with Crippen molar-refractivity contribution in [2.24, 2.45) is 0 Å². The summed E-state index contributed by atoms with van der Waals surface area (Å²) in [6.07, 6.45) is -4.48. The number of hydrogen-bond donors (Lipinski definition) is 2. The molecule has 4 aromatic carbocycles. The monoisotopic (exact) mass is 537 g/mol. The van der Waals surface area contributed by atoms with E-state index in [0.29, 0.717) is 21.1 Å². The maximum absolute atomic E-state index is 12.9. The molecule has 5 rings (SSSR count). The molecule has 37 heavy (non-hydrogen) atoms. The summed E-state index contributed by atoms with van der Waals surface area (Å²) in [5, 5.41) is 7.26. The normalized spacial score (nSPS) is 11.5. The van der Waals surface area contributed by atoms with Gasteiger partial charge in [-0.25, -0.2) is 4.98 Å². The molecule has 0 unspecified atom stereocenters. The predicted octanol–water partition coefficient (Wildman–Crippen LogP) is 7.45. The van der Waals surface area contributed by atoms with Crippen LogP contribution in [0.15, 0.2) is 89.3 Å². The van der Waals surface area contributed by atoms with Gasteiger partial charge >= 0.3 is 6.18 Å². The van der Waals surface area contributed by atoms with Gasteiger partial charge in [0.25, 0.3) is 5.91 Å². The summed E-state index contributed by atoms with van der Waals surface area (Å²) >= 11 is 2.55. The van der Waals surface area contributed by atoms with Crippen molar-refractivity contribution in [3.05, 3.63) is 96.1 Å². The lowest BCUT2D eigenvalue weighted by atomic mass is 10.0. The Morgan fingerprint density at radius 1 is 0.865 bits per heavy atom. The number of halogens is 3. The lowest BCUT2D eigenvalue weighted by molar-refractivity contribution is -0.137. The number of carbonyl (C=O) groups excluding carboxylic acids is 2. The zero-order valence-electron chi connectivity index (χ0n) is 19.0. The Kier molecular flexibility index (Phi) is 6.86. The van der Waals surface area contributed by atoms with Crippen molar-refractivity contribution in [1.82, 2.24) is 4.98 Å². The minimum atomic E-state index is -4.48. The van der Waals surface area contributed by atoms with Crippen LogP contribution in [0.2, 0.25) is 0 Å². The van der Waals surface area contributed by atoms with Crippen LogP contribution in [-0.2, 0) is 11.0 Å². The highest BCUT2D eigenvalue weighted by molar-refractivity contribution is 8.01. The van der Waals surface area contributed by atoms with E-state index in [0.717, 1.165) is 27.6 Å². The number of rotatable bonds is 6. The van der Waals surface area contributed by atoms with Gasteiger partial charge in [0.2, 0.25) is 5.91 Å². The number of nitrogens with one attached hydrogen (secondary N) is 2. The van der Waals surface area contributed by atoms with E-state index < -0.39 is 17.6 Å². The Morgan fingerprint density at radius 2 is 1.62 bits per heavy atom. The number of fused-ring (bicyclic) bond motifs is 2. The molecule has 10 heteroatoms. The van der Waals surface area contributed by atoms with Gasteiger partial charge in [-0.2, -0.15) is 13.2 Å². The van der Waals surface area contributed by atoms with Gasteiger partial charge in [0.1, 0.15) is 0 Å². The Labute approximate surface area is 217 Å². The minimum Gasteiger partial charge on any atom is -0.325 e. The quantitative estimate of drug-likeness (QED) is 0.221. The highest BCUT2D eigenvalue weighted by atomic mass is 32.2. The van der Waals surface area contributed by atoms with Gasteiger partial charge in [0, 0.05) is 16.9 Å². The van der Waals surface area contributed by atoms with Crippen molar-refractivity contribution in [2.75, 3.05) is 16.4 Å². The molecule has 0 bridgehead atoms. The zero-order valence-corrected chi connectivity index (χ0v) is 20.6. The molecule has 0 saturated carbocycles. The molecule has 5 aromatic rings. The first-order valence-corrected chi connectivity index (χ1v) is 12.9. The number of nitrogens with zero attached hydrogens (tertiary/aromatic N) is 1. The first-order valence-electron chi connectivity index (χ1n) is 11.1. The molecule has 1 heterocycles. The van der Waals surface area contributed by atoms with Crippen LogP contribution < -0.4 is 10.6 Å². The second-order valence-electron chi connectivity index (χ2n) is 8.06. The van der Waals surface area contributed by atoms with Crippen LogP contribution in [0.4, 0.5) is 24.5 Å². The van der Waals surface area contributed by atoms with E-state index in [-0.39, 0.29) is 17.3 Å². The molecule has 0 spiro atoms. The maximum atomic E-state index is 12.9. The molecule has 0 radical (unpaired) electrons. The molecule has 0 atom stereocenters. The van der Waals surface area contributed by atoms with Gasteiger partial charge in [0.05, 0.1) is 21.5 Å². The molecule has 5 nitrogen and oxygen atoms in total. The van der Waals surface area contributed by atoms with E-state index in [1.54, 1.807) is 18.2 Å². The van der Waals surface area contributed by atoms with Gasteiger partial charge in [0.15, 0.2) is 4.34 Å². The van der Waals surface area contributed by atoms with Crippen LogP contribution in [-0.4, -0.2) is 22.6 Å². The largest absolute Gasteiger partial charge is 0.416 e. The lowest BCUT2D eigenvalue weighted by Crippen LogP contribution is -2.14. The molecular formula is C27H18F3N3O2S2. The van der Waals surface area contributed by atoms with E-state index >= 15 is 0 Å². The van der Waals surface area contributed by atoms with Crippen molar-refractivity contribution in [1.29, 1.82) is 0 Å². The van der Waals surface area contributed by atoms with Crippen molar-refractivity contribution in [3.8, 4) is 0 Å². The molecule has 0 fully saturated rings. The van der Waals surface area contributed by atoms with Gasteiger partial charge in [-0.1, -0.05) is 54.2 Å². The number of hydrogen-bond acceptors (Lipinski definition) is 5. The van der Waals surface area contributed by atoms with Crippen LogP contribution >= 0.6 is 23.1 Å². The maximum Gasteiger partial charge on any atom is 0.416 e. The number of benzene rings is 4. The number of carbonyl (C=O) groups is 2. The Balaban J connectivity index is 1.24. The zero-order chi connectivity index (χ0) is 26.0. The molecule has 0 aliphatic heterocycles. The van der Waals surface area contributed by atoms with Crippen molar-refractivity contribution in [3.63, 3.8) is 0 Å². The fourth-order valence-corrected chi connectivity index (χ4v) is 5.67. The molecule has 186 valence electrons. The molecule has 0 aliphatic carbocycles. The molecule has 1 aromatic heterocycles. The van der Waals surface area contributed by atoms with Gasteiger partial charge < -0.3 is 10.6 Å². The fraction of sp³-hybridized carbons (Fsp3) is 0.0741. The summed E-state index contributed by atoms with van der Waals surface area (Å²) in [5.41, 5.74) is 1.16. The van der Waals surface area contributed by atoms with Crippen LogP contribution in [0.1, 0.15) is 15.9 Å². The van der Waals surface area contributed by atoms with Crippen LogP contribution in [0.3, 0.4) is 0 Å². The molecule has 0 aliphatic rings. The van der Waals surface area contributed by atoms with Crippen LogP contribution in [0, 0.1) is 0 Å². The molecular weight excluding hydrogens is 519 g/mol. The van der Waals surface area contributed by atoms with E-state index in [2.05, 4.69) is 15.6 Å². The topological polar surface area (TPSA) is 71.1 Å². The Bertz CT molecular complexity index is 1630. The number of aromatic nitrogens is 1. The summed E-state index contributed by atoms with van der Waals surface area (Å²) < 4.78 is 40.1. The highest BCUT2D eigenvalue weighted by Gasteiger charge is 2.30. The third-order valence-corrected chi connectivity index (χ3v) is 7.62. The number of thiazole rings is 1. The Hall–Kier alpha value is -3.89. The second-order valence-corrected chi connectivity index (χ2v) is 10.3. The summed E-state index contributed by atoms with van der Waals surface area (Å²) in [7, 11) is 0. The predicted molar refractivity (Wildman–Crippen MR) is 142 cm³/mol. The SMILES string of the molecule is O=C(CSc1nc2ccc(NC(=O)c3cccc4ccccc34)cc2s1)Nc1cccc(C(F)(F)F)c1. The fourth-order valence-electron chi connectivity index (χ4n) is 3.76. The molecule has 2 N–H and O–H groups in total. The summed E-state index contributed by atoms with van der Waals surface area (Å²) in [4.78, 5) is 29.7. The van der Waals surface area contributed by atoms with E-state index in [1.807, 2.05) is 42.5 Å². The lowest BCUT2D eigenvalue weighted by Gasteiger charge is -2.09. The third-order valence-electron chi connectivity index (χ3n) is 5.46. The minimum absolute atomic E-state index is 0.0132. The average Bonchev–Trinajstić information content (AvgIpc) is 3.29. The van der Waals surface area contributed by atoms with Crippen molar-refractivity contribution in [2.45, 2.75) is 10.5 Å². The summed E-state index contributed by atoms with van der Waals surface area (Å²) in [6.45, 7) is 0. The first-order chi connectivity index (χ1) is 17.8. The molecule has 0 saturated heterocycles. The van der Waals surface area contributed by atoms with Crippen LogP contribution in [0.25, 0.3) is 21.0 Å². The van der Waals surface area contributed by atoms with Crippen molar-refractivity contribution >= 4 is 67.3 Å². The van der Waals surface area contributed by atoms with Crippen LogP contribution in [0.5, 0.6) is 0 Å². The van der Waals surface area contributed by atoms with Gasteiger partial charge in [-0.15, -0.1) is 11.3 Å².